The van der Waals surface area contributed by atoms with Crippen LogP contribution in [-0.4, -0.2) is 174 Å². The van der Waals surface area contributed by atoms with Crippen LogP contribution < -0.4 is 56.9 Å². The van der Waals surface area contributed by atoms with Gasteiger partial charge in [0.1, 0.15) is 52.5 Å². The van der Waals surface area contributed by atoms with Crippen LogP contribution in [0.25, 0.3) is 22.1 Å². The molecule has 2 saturated heterocycles. The van der Waals surface area contributed by atoms with Crippen molar-refractivity contribution in [1.29, 1.82) is 0 Å². The minimum Gasteiger partial charge on any atom is -0.494 e. The highest BCUT2D eigenvalue weighted by molar-refractivity contribution is 7.71. The Morgan fingerprint density at radius 3 is 1.38 bits per heavy atom. The zero-order chi connectivity index (χ0) is 66.0. The number of aromatic nitrogens is 8. The number of piperidine rings is 2. The van der Waals surface area contributed by atoms with Gasteiger partial charge in [-0.05, 0) is 147 Å². The zero-order valence-corrected chi connectivity index (χ0v) is 57.0. The second-order valence-electron chi connectivity index (χ2n) is 25.2. The first-order valence-corrected chi connectivity index (χ1v) is 36.1. The van der Waals surface area contributed by atoms with E-state index in [1.807, 2.05) is 24.3 Å². The van der Waals surface area contributed by atoms with E-state index < -0.39 is 14.3 Å². The van der Waals surface area contributed by atoms with Gasteiger partial charge in [-0.1, -0.05) is 23.2 Å². The Balaban J connectivity index is 0.000000197. The fraction of sp³-hybridized carbons (Fsp3) is 0.429. The summed E-state index contributed by atoms with van der Waals surface area (Å²) in [6, 6.07) is 15.5. The maximum atomic E-state index is 13.4. The molecule has 0 atom stereocenters. The Morgan fingerprint density at radius 2 is 0.989 bits per heavy atom. The number of nitro groups is 1. The van der Waals surface area contributed by atoms with Crippen LogP contribution in [0.1, 0.15) is 51.4 Å². The summed E-state index contributed by atoms with van der Waals surface area (Å²) in [7, 11) is 7.15. The van der Waals surface area contributed by atoms with Crippen molar-refractivity contribution in [2.24, 2.45) is 10.8 Å². The van der Waals surface area contributed by atoms with Gasteiger partial charge in [0.05, 0.1) is 87.3 Å². The highest BCUT2D eigenvalue weighted by Gasteiger charge is 2.48. The van der Waals surface area contributed by atoms with Crippen molar-refractivity contribution in [3.8, 4) is 11.5 Å². The van der Waals surface area contributed by atoms with E-state index in [0.717, 1.165) is 51.8 Å². The molecule has 4 aromatic carbocycles. The first-order chi connectivity index (χ1) is 43.8. The normalized spacial score (nSPS) is 16.3. The van der Waals surface area contributed by atoms with Crippen LogP contribution in [0.2, 0.25) is 10.0 Å². The number of fused-ring (bicyclic) bond motifs is 2. The van der Waals surface area contributed by atoms with Gasteiger partial charge in [-0.25, -0.2) is 9.97 Å². The number of rotatable bonds is 17. The molecule has 2 spiro atoms. The fourth-order valence-electron chi connectivity index (χ4n) is 13.1. The molecule has 488 valence electrons. The van der Waals surface area contributed by atoms with Gasteiger partial charge in [0, 0.05) is 88.4 Å². The van der Waals surface area contributed by atoms with Gasteiger partial charge in [0.15, 0.2) is 11.6 Å². The molecule has 4 aliphatic rings. The molecular formula is C63H80Cl2N18O7P2. The molecule has 2 aliphatic heterocycles. The van der Waals surface area contributed by atoms with Crippen molar-refractivity contribution in [2.75, 3.05) is 139 Å². The van der Waals surface area contributed by atoms with Gasteiger partial charge >= 0.3 is 0 Å². The second kappa shape index (κ2) is 27.4. The SMILES string of the molecule is CO.COc1cc(N2CCC3(CC2)CC(N(C)C)C3)c(N)cc1Nc1ncc(Cl)c(Nc2ccc3nccnc3c2P(C)(C)=O)n1.COc1cc(N2CCC3(CC2)CC(N(C)C)C3)c([N+](=O)[O-])cc1Nc1ncc(Cl)c(Nc2ccc3nccnc3c2P(C)(C)=O)n1. The Hall–Kier alpha value is -7.76. The number of nitrogens with two attached hydrogens (primary N) is 1. The lowest BCUT2D eigenvalue weighted by atomic mass is 9.60. The molecule has 29 heteroatoms. The number of methoxy groups -OCH3 is 2. The number of anilines is 11. The largest absolute Gasteiger partial charge is 0.494 e. The molecule has 2 saturated carbocycles. The summed E-state index contributed by atoms with van der Waals surface area (Å²) in [5.41, 5.74) is 14.0. The number of nitrogens with one attached hydrogen (secondary N) is 4. The third kappa shape index (κ3) is 14.4. The summed E-state index contributed by atoms with van der Waals surface area (Å²) in [5.74, 6) is 2.06. The van der Waals surface area contributed by atoms with E-state index in [9.17, 15) is 19.2 Å². The molecule has 0 unspecified atom stereocenters. The number of nitrogen functional groups attached to an aromatic ring is 1. The summed E-state index contributed by atoms with van der Waals surface area (Å²) in [6.45, 7) is 10.2. The summed E-state index contributed by atoms with van der Waals surface area (Å²) < 4.78 is 38.2. The standard InChI is InChI=1S/C31H37ClN9O4P.C31H39ClN9O2P.CH4O/c1-39(2)19-16-31(17-19)8-12-40(13-9-31)24-15-26(45-3)23(14-25(24)41(42)43)37-30-35-18-20(32)29(38-30)36-22-7-6-21-27(34-11-10-33-21)28(22)46(4,5)44;1-40(2)19-16-31(17-19)8-12-41(13-9-31)25-15-26(43-3)24(14-21(25)33)38-30-36-18-20(32)29(39-30)37-23-7-6-22-27(35-11-10-34-22)28(23)44(4,5)42;1-2/h6-7,10-11,14-15,18-19H,8-9,12-13,16-17H2,1-5H3,(H2,35,36,37,38);6-7,10-11,14-15,18-19H,8-9,12-13,16-17,33H2,1-5H3,(H2,36,37,38,39);2H,1H3. The Kier molecular flexibility index (Phi) is 20.0. The molecule has 2 aliphatic carbocycles. The number of aliphatic hydroxyl groups excluding tert-OH is 1. The van der Waals surface area contributed by atoms with Crippen molar-refractivity contribution < 1.29 is 28.6 Å². The molecule has 92 heavy (non-hydrogen) atoms. The Labute approximate surface area is 545 Å². The van der Waals surface area contributed by atoms with Gasteiger partial charge in [0.2, 0.25) is 11.9 Å². The van der Waals surface area contributed by atoms with Crippen LogP contribution in [0.3, 0.4) is 0 Å². The minimum atomic E-state index is -2.83. The molecule has 7 N–H and O–H groups in total. The fourth-order valence-corrected chi connectivity index (χ4v) is 16.1. The lowest BCUT2D eigenvalue weighted by Crippen LogP contribution is -2.53. The molecule has 6 heterocycles. The average molecular weight is 1330 g/mol. The van der Waals surface area contributed by atoms with E-state index in [1.165, 1.54) is 64.1 Å². The van der Waals surface area contributed by atoms with Crippen LogP contribution in [0.5, 0.6) is 11.5 Å². The summed E-state index contributed by atoms with van der Waals surface area (Å²) in [6.07, 6.45) is 18.5. The van der Waals surface area contributed by atoms with Gasteiger partial charge in [-0.15, -0.1) is 0 Å². The minimum absolute atomic E-state index is 0.0325. The molecule has 0 bridgehead atoms. The van der Waals surface area contributed by atoms with Crippen LogP contribution >= 0.6 is 37.5 Å². The number of hydrogen-bond acceptors (Lipinski definition) is 24. The van der Waals surface area contributed by atoms with E-state index in [0.29, 0.717) is 118 Å². The molecule has 8 aromatic rings. The van der Waals surface area contributed by atoms with Crippen LogP contribution in [-0.2, 0) is 9.13 Å². The van der Waals surface area contributed by atoms with Gasteiger partial charge < -0.3 is 70.3 Å². The molecule has 4 aromatic heterocycles. The van der Waals surface area contributed by atoms with E-state index >= 15 is 0 Å². The van der Waals surface area contributed by atoms with Crippen molar-refractivity contribution in [3.05, 3.63) is 106 Å². The van der Waals surface area contributed by atoms with Crippen LogP contribution in [0, 0.1) is 20.9 Å². The number of aliphatic hydroxyl groups is 1. The highest BCUT2D eigenvalue weighted by Crippen LogP contribution is 2.54. The Bertz CT molecular complexity index is 4130. The summed E-state index contributed by atoms with van der Waals surface area (Å²) in [5, 5.41) is 33.7. The molecule has 0 radical (unpaired) electrons. The smallest absolute Gasteiger partial charge is 0.294 e. The monoisotopic (exact) mass is 1330 g/mol. The van der Waals surface area contributed by atoms with E-state index in [4.69, 9.17) is 43.5 Å². The van der Waals surface area contributed by atoms with E-state index in [-0.39, 0.29) is 27.4 Å². The third-order valence-electron chi connectivity index (χ3n) is 18.1. The molecule has 4 fully saturated rings. The molecular weight excluding hydrogens is 1250 g/mol. The van der Waals surface area contributed by atoms with Gasteiger partial charge in [-0.2, -0.15) is 9.97 Å². The number of nitro benzene ring substituents is 1. The summed E-state index contributed by atoms with van der Waals surface area (Å²) >= 11 is 13.0. The van der Waals surface area contributed by atoms with Gasteiger partial charge in [0.25, 0.3) is 5.69 Å². The first-order valence-electron chi connectivity index (χ1n) is 30.2. The quantitative estimate of drug-likeness (QED) is 0.0214. The van der Waals surface area contributed by atoms with Crippen molar-refractivity contribution in [2.45, 2.75) is 63.5 Å². The maximum Gasteiger partial charge on any atom is 0.294 e. The molecule has 25 nitrogen and oxygen atoms in total. The van der Waals surface area contributed by atoms with Crippen LogP contribution in [0.15, 0.2) is 85.7 Å². The van der Waals surface area contributed by atoms with Gasteiger partial charge in [-0.3, -0.25) is 30.1 Å². The van der Waals surface area contributed by atoms with Crippen molar-refractivity contribution in [3.63, 3.8) is 0 Å². The average Bonchev–Trinajstić information content (AvgIpc) is 0.828. The number of benzene rings is 4. The Morgan fingerprint density at radius 1 is 0.598 bits per heavy atom. The predicted octanol–water partition coefficient (Wildman–Crippen LogP) is 11.4. The third-order valence-corrected chi connectivity index (χ3v) is 21.7. The van der Waals surface area contributed by atoms with Crippen molar-refractivity contribution >= 4 is 139 Å². The number of nitrogens with zero attached hydrogens (tertiary/aromatic N) is 13. The molecule has 12 rings (SSSR count). The van der Waals surface area contributed by atoms with E-state index in [1.54, 1.807) is 76.8 Å². The lowest BCUT2D eigenvalue weighted by molar-refractivity contribution is -0.384. The number of halogens is 2. The number of ether oxygens (including phenoxy) is 2. The first kappa shape index (κ1) is 67.1. The topological polar surface area (TPSA) is 306 Å². The second-order valence-corrected chi connectivity index (χ2v) is 32.3. The maximum absolute atomic E-state index is 13.4. The van der Waals surface area contributed by atoms with E-state index in [2.05, 4.69) is 109 Å². The predicted molar refractivity (Wildman–Crippen MR) is 371 cm³/mol. The zero-order valence-electron chi connectivity index (χ0n) is 53.7. The van der Waals surface area contributed by atoms with Crippen LogP contribution in [0.4, 0.5) is 69.0 Å². The lowest BCUT2D eigenvalue weighted by Gasteiger charge is -2.54. The highest BCUT2D eigenvalue weighted by atomic mass is 35.5. The van der Waals surface area contributed by atoms with Crippen molar-refractivity contribution in [1.82, 2.24) is 49.7 Å². The summed E-state index contributed by atoms with van der Waals surface area (Å²) in [4.78, 5) is 56.5. The number of hydrogen-bond donors (Lipinski definition) is 6. The molecule has 0 amide bonds.